The number of carbonyl (C=O) groups is 2. The Balaban J connectivity index is 1.39. The lowest BCUT2D eigenvalue weighted by molar-refractivity contribution is 0.0697. The van der Waals surface area contributed by atoms with Gasteiger partial charge < -0.3 is 15.0 Å². The second-order valence-electron chi connectivity index (χ2n) is 9.66. The Morgan fingerprint density at radius 3 is 2.44 bits per heavy atom. The van der Waals surface area contributed by atoms with E-state index in [9.17, 15) is 14.7 Å². The maximum Gasteiger partial charge on any atom is 0.336 e. The monoisotopic (exact) mass is 581 g/mol. The fourth-order valence-electron chi connectivity index (χ4n) is 4.91. The Labute approximate surface area is 235 Å². The number of halogens is 1. The summed E-state index contributed by atoms with van der Waals surface area (Å²) >= 11 is 3.38. The molecule has 39 heavy (non-hydrogen) atoms. The van der Waals surface area contributed by atoms with Gasteiger partial charge in [0.2, 0.25) is 0 Å². The number of aromatic nitrogens is 2. The zero-order valence-electron chi connectivity index (χ0n) is 21.9. The summed E-state index contributed by atoms with van der Waals surface area (Å²) in [4.78, 5) is 29.1. The molecular weight excluding hydrogens is 554 g/mol. The Morgan fingerprint density at radius 1 is 0.974 bits per heavy atom. The molecule has 6 nitrogen and oxygen atoms in total. The lowest BCUT2D eigenvalue weighted by atomic mass is 9.99. The number of nitrogens with zero attached hydrogens (tertiary/aromatic N) is 2. The molecule has 0 spiro atoms. The number of aryl methyl sites for hydroxylation is 1. The number of pyridine rings is 1. The van der Waals surface area contributed by atoms with Gasteiger partial charge in [0, 0.05) is 28.7 Å². The number of nitrogens with one attached hydrogen (secondary N) is 1. The van der Waals surface area contributed by atoms with Crippen LogP contribution < -0.4 is 5.32 Å². The number of hydrogen-bond acceptors (Lipinski definition) is 3. The Hall–Kier alpha value is -4.23. The van der Waals surface area contributed by atoms with E-state index in [0.29, 0.717) is 17.7 Å². The third-order valence-corrected chi connectivity index (χ3v) is 7.63. The first kappa shape index (κ1) is 26.4. The second kappa shape index (κ2) is 10.9. The number of benzene rings is 3. The molecule has 2 N–H and O–H groups in total. The van der Waals surface area contributed by atoms with Gasteiger partial charge in [-0.05, 0) is 95.4 Å². The molecule has 0 bridgehead atoms. The lowest BCUT2D eigenvalue weighted by Crippen LogP contribution is -2.27. The van der Waals surface area contributed by atoms with Crippen LogP contribution in [0, 0.1) is 13.8 Å². The van der Waals surface area contributed by atoms with Gasteiger partial charge in [0.1, 0.15) is 4.60 Å². The Morgan fingerprint density at radius 2 is 1.72 bits per heavy atom. The summed E-state index contributed by atoms with van der Waals surface area (Å²) in [6, 6.07) is 26.3. The van der Waals surface area contributed by atoms with Gasteiger partial charge in [-0.15, -0.1) is 0 Å². The van der Waals surface area contributed by atoms with Gasteiger partial charge in [-0.1, -0.05) is 48.5 Å². The minimum atomic E-state index is -0.938. The van der Waals surface area contributed by atoms with E-state index in [2.05, 4.69) is 44.6 Å². The summed E-state index contributed by atoms with van der Waals surface area (Å²) in [5, 5.41) is 13.6. The van der Waals surface area contributed by atoms with Gasteiger partial charge in [-0.2, -0.15) is 0 Å². The van der Waals surface area contributed by atoms with Gasteiger partial charge in [-0.25, -0.2) is 9.78 Å². The van der Waals surface area contributed by atoms with E-state index in [4.69, 9.17) is 0 Å². The molecule has 2 heterocycles. The largest absolute Gasteiger partial charge is 0.478 e. The molecule has 1 atom stereocenters. The fourth-order valence-corrected chi connectivity index (χ4v) is 5.26. The van der Waals surface area contributed by atoms with Crippen LogP contribution in [0.2, 0.25) is 0 Å². The first-order valence-electron chi connectivity index (χ1n) is 12.7. The molecule has 0 saturated heterocycles. The molecule has 0 saturated carbocycles. The zero-order valence-corrected chi connectivity index (χ0v) is 23.5. The SMILES string of the molecule is Cc1c(C)n(Cc2ccc(-c3ccccc3C(=O)O)cc2)c2ccc(C(=O)N[C@@H](C)c3cccc(Br)n3)cc12. The molecule has 0 aliphatic carbocycles. The maximum absolute atomic E-state index is 13.1. The second-order valence-corrected chi connectivity index (χ2v) is 10.5. The predicted molar refractivity (Wildman–Crippen MR) is 157 cm³/mol. The van der Waals surface area contributed by atoms with Gasteiger partial charge >= 0.3 is 5.97 Å². The summed E-state index contributed by atoms with van der Waals surface area (Å²) in [6.07, 6.45) is 0. The standard InChI is InChI=1S/C32H28BrN3O3/c1-19-21(3)36(18-22-11-13-23(14-12-22)25-7-4-5-8-26(25)32(38)39)29-16-15-24(17-27(19)29)31(37)34-20(2)28-9-6-10-30(33)35-28/h4-17,20H,18H2,1-3H3,(H,34,37)(H,38,39)/t20-/m0/s1. The molecular formula is C32H28BrN3O3. The maximum atomic E-state index is 13.1. The van der Waals surface area contributed by atoms with E-state index in [1.165, 1.54) is 0 Å². The van der Waals surface area contributed by atoms with Gasteiger partial charge in [0.15, 0.2) is 0 Å². The molecule has 5 aromatic rings. The quantitative estimate of drug-likeness (QED) is 0.197. The van der Waals surface area contributed by atoms with Crippen molar-refractivity contribution < 1.29 is 14.7 Å². The number of rotatable bonds is 7. The fraction of sp³-hybridized carbons (Fsp3) is 0.156. The van der Waals surface area contributed by atoms with Crippen molar-refractivity contribution in [3.8, 4) is 11.1 Å². The number of hydrogen-bond donors (Lipinski definition) is 2. The highest BCUT2D eigenvalue weighted by molar-refractivity contribution is 9.10. The molecule has 0 radical (unpaired) electrons. The molecule has 0 aliphatic rings. The van der Waals surface area contributed by atoms with Crippen LogP contribution in [0.3, 0.4) is 0 Å². The number of carboxylic acid groups (broad SMARTS) is 1. The van der Waals surface area contributed by atoms with Crippen LogP contribution in [0.4, 0.5) is 0 Å². The summed E-state index contributed by atoms with van der Waals surface area (Å²) in [5.41, 5.74) is 7.67. The molecule has 0 unspecified atom stereocenters. The van der Waals surface area contributed by atoms with Gasteiger partial charge in [0.05, 0.1) is 17.3 Å². The highest BCUT2D eigenvalue weighted by Gasteiger charge is 2.17. The van der Waals surface area contributed by atoms with Crippen molar-refractivity contribution in [2.24, 2.45) is 0 Å². The van der Waals surface area contributed by atoms with Crippen molar-refractivity contribution in [1.82, 2.24) is 14.9 Å². The third-order valence-electron chi connectivity index (χ3n) is 7.19. The van der Waals surface area contributed by atoms with Crippen LogP contribution >= 0.6 is 15.9 Å². The number of carboxylic acids is 1. The Bertz CT molecular complexity index is 1710. The summed E-state index contributed by atoms with van der Waals surface area (Å²) in [6.45, 7) is 6.75. The molecule has 1 amide bonds. The summed E-state index contributed by atoms with van der Waals surface area (Å²) in [7, 11) is 0. The van der Waals surface area contributed by atoms with E-state index in [1.54, 1.807) is 12.1 Å². The summed E-state index contributed by atoms with van der Waals surface area (Å²) < 4.78 is 2.98. The lowest BCUT2D eigenvalue weighted by Gasteiger charge is -2.14. The van der Waals surface area contributed by atoms with Crippen molar-refractivity contribution in [2.75, 3.05) is 0 Å². The number of fused-ring (bicyclic) bond motifs is 1. The number of carbonyl (C=O) groups excluding carboxylic acids is 1. The van der Waals surface area contributed by atoms with Crippen molar-refractivity contribution >= 4 is 38.7 Å². The van der Waals surface area contributed by atoms with Crippen LogP contribution in [0.5, 0.6) is 0 Å². The smallest absolute Gasteiger partial charge is 0.336 e. The van der Waals surface area contributed by atoms with E-state index in [-0.39, 0.29) is 17.5 Å². The molecule has 0 fully saturated rings. The zero-order chi connectivity index (χ0) is 27.7. The third kappa shape index (κ3) is 5.36. The minimum absolute atomic E-state index is 0.145. The average Bonchev–Trinajstić information content (AvgIpc) is 3.17. The molecule has 2 aromatic heterocycles. The molecule has 0 aliphatic heterocycles. The van der Waals surface area contributed by atoms with Crippen molar-refractivity contribution in [3.05, 3.63) is 123 Å². The van der Waals surface area contributed by atoms with Crippen molar-refractivity contribution in [3.63, 3.8) is 0 Å². The van der Waals surface area contributed by atoms with Crippen molar-refractivity contribution in [1.29, 1.82) is 0 Å². The summed E-state index contributed by atoms with van der Waals surface area (Å²) in [5.74, 6) is -1.08. The van der Waals surface area contributed by atoms with E-state index in [0.717, 1.165) is 43.6 Å². The van der Waals surface area contributed by atoms with E-state index < -0.39 is 5.97 Å². The number of amides is 1. The van der Waals surface area contributed by atoms with Gasteiger partial charge in [-0.3, -0.25) is 4.79 Å². The van der Waals surface area contributed by atoms with E-state index >= 15 is 0 Å². The topological polar surface area (TPSA) is 84.2 Å². The Kier molecular flexibility index (Phi) is 7.35. The molecule has 196 valence electrons. The predicted octanol–water partition coefficient (Wildman–Crippen LogP) is 7.32. The first-order valence-corrected chi connectivity index (χ1v) is 13.5. The highest BCUT2D eigenvalue weighted by atomic mass is 79.9. The molecule has 3 aromatic carbocycles. The van der Waals surface area contributed by atoms with Crippen LogP contribution in [0.25, 0.3) is 22.0 Å². The van der Waals surface area contributed by atoms with Crippen LogP contribution in [0.1, 0.15) is 56.2 Å². The van der Waals surface area contributed by atoms with Gasteiger partial charge in [0.25, 0.3) is 5.91 Å². The minimum Gasteiger partial charge on any atom is -0.478 e. The van der Waals surface area contributed by atoms with Crippen LogP contribution in [-0.4, -0.2) is 26.5 Å². The molecule has 7 heteroatoms. The van der Waals surface area contributed by atoms with E-state index in [1.807, 2.05) is 79.7 Å². The van der Waals surface area contributed by atoms with Crippen LogP contribution in [0.15, 0.2) is 89.5 Å². The number of aromatic carboxylic acids is 1. The first-order chi connectivity index (χ1) is 18.7. The normalized spacial score (nSPS) is 11.9. The van der Waals surface area contributed by atoms with Crippen LogP contribution in [-0.2, 0) is 6.54 Å². The average molecular weight is 582 g/mol. The molecule has 5 rings (SSSR count). The highest BCUT2D eigenvalue weighted by Crippen LogP contribution is 2.29. The van der Waals surface area contributed by atoms with Crippen molar-refractivity contribution in [2.45, 2.75) is 33.4 Å².